The molecule has 2 nitrogen and oxygen atoms in total. The average Bonchev–Trinajstić information content (AvgIpc) is 2.46. The van der Waals surface area contributed by atoms with Gasteiger partial charge in [-0.05, 0) is 36.2 Å². The van der Waals surface area contributed by atoms with E-state index >= 15 is 0 Å². The van der Waals surface area contributed by atoms with Gasteiger partial charge in [-0.15, -0.1) is 0 Å². The predicted molar refractivity (Wildman–Crippen MR) is 85.0 cm³/mol. The molecule has 0 heterocycles. The molecule has 2 rings (SSSR count). The highest BCUT2D eigenvalue weighted by Gasteiger charge is 2.11. The Morgan fingerprint density at radius 2 is 1.86 bits per heavy atom. The zero-order chi connectivity index (χ0) is 15.2. The van der Waals surface area contributed by atoms with Gasteiger partial charge in [-0.25, -0.2) is 4.39 Å². The number of para-hydroxylation sites is 1. The van der Waals surface area contributed by atoms with Crippen LogP contribution in [0.5, 0.6) is 5.75 Å². The van der Waals surface area contributed by atoms with E-state index in [1.54, 1.807) is 6.07 Å². The Morgan fingerprint density at radius 3 is 2.57 bits per heavy atom. The lowest BCUT2D eigenvalue weighted by atomic mass is 9.98. The van der Waals surface area contributed by atoms with Crippen molar-refractivity contribution in [3.8, 4) is 16.9 Å². The third kappa shape index (κ3) is 4.05. The van der Waals surface area contributed by atoms with Gasteiger partial charge in [0.05, 0.1) is 6.61 Å². The van der Waals surface area contributed by atoms with Gasteiger partial charge < -0.3 is 10.1 Å². The molecule has 2 aromatic carbocycles. The summed E-state index contributed by atoms with van der Waals surface area (Å²) in [5.41, 5.74) is 2.95. The van der Waals surface area contributed by atoms with Gasteiger partial charge in [-0.2, -0.15) is 0 Å². The maximum atomic E-state index is 13.6. The second kappa shape index (κ2) is 7.23. The molecule has 0 aromatic heterocycles. The smallest absolute Gasteiger partial charge is 0.127 e. The maximum Gasteiger partial charge on any atom is 0.127 e. The van der Waals surface area contributed by atoms with E-state index in [0.717, 1.165) is 22.4 Å². The first kappa shape index (κ1) is 15.5. The Balaban J connectivity index is 2.43. The first-order chi connectivity index (χ1) is 10.1. The van der Waals surface area contributed by atoms with Crippen molar-refractivity contribution in [2.45, 2.75) is 33.4 Å². The van der Waals surface area contributed by atoms with Crippen LogP contribution < -0.4 is 10.1 Å². The quantitative estimate of drug-likeness (QED) is 0.850. The minimum Gasteiger partial charge on any atom is -0.493 e. The fraction of sp³-hybridized carbons (Fsp3) is 0.333. The van der Waals surface area contributed by atoms with Gasteiger partial charge in [-0.3, -0.25) is 0 Å². The third-order valence-corrected chi connectivity index (χ3v) is 3.25. The van der Waals surface area contributed by atoms with Crippen molar-refractivity contribution in [2.24, 2.45) is 0 Å². The molecular formula is C18H22FNO. The topological polar surface area (TPSA) is 21.3 Å². The van der Waals surface area contributed by atoms with Crippen molar-refractivity contribution >= 4 is 0 Å². The molecule has 0 atom stereocenters. The van der Waals surface area contributed by atoms with Gasteiger partial charge in [0.25, 0.3) is 0 Å². The number of benzene rings is 2. The zero-order valence-electron chi connectivity index (χ0n) is 12.8. The molecule has 0 amide bonds. The molecule has 0 fully saturated rings. The molecule has 21 heavy (non-hydrogen) atoms. The van der Waals surface area contributed by atoms with Gasteiger partial charge in [0.2, 0.25) is 0 Å². The third-order valence-electron chi connectivity index (χ3n) is 3.25. The van der Waals surface area contributed by atoms with Gasteiger partial charge in [0.1, 0.15) is 11.6 Å². The molecular weight excluding hydrogens is 265 g/mol. The van der Waals surface area contributed by atoms with Crippen LogP contribution in [0.3, 0.4) is 0 Å². The summed E-state index contributed by atoms with van der Waals surface area (Å²) < 4.78 is 19.3. The lowest BCUT2D eigenvalue weighted by molar-refractivity contribution is 0.341. The molecule has 0 unspecified atom stereocenters. The summed E-state index contributed by atoms with van der Waals surface area (Å²) >= 11 is 0. The van der Waals surface area contributed by atoms with Gasteiger partial charge >= 0.3 is 0 Å². The summed E-state index contributed by atoms with van der Waals surface area (Å²) in [5.74, 6) is 0.616. The molecule has 0 aliphatic heterocycles. The Labute approximate surface area is 126 Å². The van der Waals surface area contributed by atoms with Crippen LogP contribution in [-0.4, -0.2) is 12.6 Å². The molecule has 0 saturated carbocycles. The fourth-order valence-corrected chi connectivity index (χ4v) is 2.26. The monoisotopic (exact) mass is 287 g/mol. The molecule has 112 valence electrons. The van der Waals surface area contributed by atoms with Gasteiger partial charge in [-0.1, -0.05) is 38.1 Å². The van der Waals surface area contributed by atoms with Crippen molar-refractivity contribution in [1.29, 1.82) is 0 Å². The minimum atomic E-state index is -0.215. The number of ether oxygens (including phenoxy) is 1. The molecule has 0 radical (unpaired) electrons. The summed E-state index contributed by atoms with van der Waals surface area (Å²) in [6, 6.07) is 13.1. The number of rotatable bonds is 6. The van der Waals surface area contributed by atoms with Gasteiger partial charge in [0.15, 0.2) is 0 Å². The lowest BCUT2D eigenvalue weighted by Crippen LogP contribution is -2.22. The van der Waals surface area contributed by atoms with Crippen LogP contribution in [0.25, 0.3) is 11.1 Å². The Morgan fingerprint density at radius 1 is 1.10 bits per heavy atom. The molecule has 0 aliphatic rings. The number of hydrogen-bond donors (Lipinski definition) is 1. The van der Waals surface area contributed by atoms with E-state index in [1.807, 2.05) is 37.3 Å². The number of hydrogen-bond acceptors (Lipinski definition) is 2. The Bertz CT molecular complexity index is 596. The average molecular weight is 287 g/mol. The fourth-order valence-electron chi connectivity index (χ4n) is 2.26. The normalized spacial score (nSPS) is 10.9. The van der Waals surface area contributed by atoms with Crippen LogP contribution in [0.1, 0.15) is 26.3 Å². The van der Waals surface area contributed by atoms with E-state index in [4.69, 9.17) is 4.74 Å². The Hall–Kier alpha value is -1.87. The van der Waals surface area contributed by atoms with Crippen LogP contribution in [0, 0.1) is 5.82 Å². The summed E-state index contributed by atoms with van der Waals surface area (Å²) in [7, 11) is 0. The lowest BCUT2D eigenvalue weighted by Gasteiger charge is -2.16. The summed E-state index contributed by atoms with van der Waals surface area (Å²) in [6.45, 7) is 7.35. The number of halogens is 1. The summed E-state index contributed by atoms with van der Waals surface area (Å²) in [6.07, 6.45) is 0. The van der Waals surface area contributed by atoms with Crippen LogP contribution in [0.4, 0.5) is 4.39 Å². The van der Waals surface area contributed by atoms with E-state index in [-0.39, 0.29) is 5.82 Å². The summed E-state index contributed by atoms with van der Waals surface area (Å²) in [4.78, 5) is 0. The maximum absolute atomic E-state index is 13.6. The standard InChI is InChI=1S/C18H22FNO/c1-4-21-18-8-6-5-7-17(18)16-10-9-15(19)11-14(16)12-20-13(2)3/h5-11,13,20H,4,12H2,1-3H3. The zero-order valence-corrected chi connectivity index (χ0v) is 12.8. The van der Waals surface area contributed by atoms with E-state index in [0.29, 0.717) is 19.2 Å². The van der Waals surface area contributed by atoms with Crippen LogP contribution in [0.2, 0.25) is 0 Å². The van der Waals surface area contributed by atoms with E-state index in [2.05, 4.69) is 19.2 Å². The second-order valence-corrected chi connectivity index (χ2v) is 5.27. The SMILES string of the molecule is CCOc1ccccc1-c1ccc(F)cc1CNC(C)C. The van der Waals surface area contributed by atoms with Gasteiger partial charge in [0, 0.05) is 18.2 Å². The molecule has 0 bridgehead atoms. The highest BCUT2D eigenvalue weighted by molar-refractivity contribution is 5.73. The first-order valence-electron chi connectivity index (χ1n) is 7.35. The van der Waals surface area contributed by atoms with Crippen molar-refractivity contribution < 1.29 is 9.13 Å². The van der Waals surface area contributed by atoms with E-state index in [1.165, 1.54) is 6.07 Å². The molecule has 0 aliphatic carbocycles. The molecule has 0 saturated heterocycles. The van der Waals surface area contributed by atoms with Crippen molar-refractivity contribution in [3.63, 3.8) is 0 Å². The largest absolute Gasteiger partial charge is 0.493 e. The first-order valence-corrected chi connectivity index (χ1v) is 7.35. The van der Waals surface area contributed by atoms with Crippen molar-refractivity contribution in [3.05, 3.63) is 53.8 Å². The highest BCUT2D eigenvalue weighted by Crippen LogP contribution is 2.32. The van der Waals surface area contributed by atoms with Crippen LogP contribution in [0.15, 0.2) is 42.5 Å². The highest BCUT2D eigenvalue weighted by atomic mass is 19.1. The van der Waals surface area contributed by atoms with Crippen LogP contribution >= 0.6 is 0 Å². The van der Waals surface area contributed by atoms with E-state index in [9.17, 15) is 4.39 Å². The molecule has 0 spiro atoms. The van der Waals surface area contributed by atoms with Crippen LogP contribution in [-0.2, 0) is 6.54 Å². The minimum absolute atomic E-state index is 0.215. The van der Waals surface area contributed by atoms with Crippen molar-refractivity contribution in [1.82, 2.24) is 5.32 Å². The van der Waals surface area contributed by atoms with Crippen molar-refractivity contribution in [2.75, 3.05) is 6.61 Å². The predicted octanol–water partition coefficient (Wildman–Crippen LogP) is 4.39. The molecule has 2 aromatic rings. The molecule has 3 heteroatoms. The Kier molecular flexibility index (Phi) is 5.34. The second-order valence-electron chi connectivity index (χ2n) is 5.27. The number of nitrogens with one attached hydrogen (secondary N) is 1. The molecule has 1 N–H and O–H groups in total. The van der Waals surface area contributed by atoms with E-state index < -0.39 is 0 Å². The summed E-state index contributed by atoms with van der Waals surface area (Å²) in [5, 5.41) is 3.34.